The summed E-state index contributed by atoms with van der Waals surface area (Å²) in [5.41, 5.74) is 1.89. The SMILES string of the molecule is CC(=O)O.O=C1C=C(N2CC2)C(=O)C(N2CC2)=C1N1CC1.[CH3][SnH]. The van der Waals surface area contributed by atoms with Gasteiger partial charge < -0.3 is 19.8 Å². The summed E-state index contributed by atoms with van der Waals surface area (Å²) in [6, 6.07) is 0. The Balaban J connectivity index is 0.000000283. The number of aliphatic carboxylic acids is 1. The van der Waals surface area contributed by atoms with Crippen molar-refractivity contribution in [2.45, 2.75) is 11.9 Å². The zero-order chi connectivity index (χ0) is 17.1. The Morgan fingerprint density at radius 2 is 1.35 bits per heavy atom. The molecule has 124 valence electrons. The van der Waals surface area contributed by atoms with Crippen molar-refractivity contribution < 1.29 is 19.5 Å². The molecule has 8 heteroatoms. The molecule has 4 rings (SSSR count). The molecule has 7 nitrogen and oxygen atoms in total. The van der Waals surface area contributed by atoms with Crippen molar-refractivity contribution >= 4 is 40.1 Å². The van der Waals surface area contributed by atoms with Crippen molar-refractivity contribution in [3.05, 3.63) is 23.2 Å². The van der Waals surface area contributed by atoms with Crippen molar-refractivity contribution in [3.63, 3.8) is 0 Å². The monoisotopic (exact) mass is 427 g/mol. The molecule has 1 aliphatic carbocycles. The van der Waals surface area contributed by atoms with Gasteiger partial charge in [-0.25, -0.2) is 0 Å². The standard InChI is InChI=1S/C12H13N3O2.C2H4O2.CH3.Sn.H/c16-9-7-8(13-1-2-13)12(17)11(15-5-6-15)10(9)14-3-4-14;1-2(3)4;;;/h7H,1-6H2;1H3,(H,3,4);1H3;;. The molecule has 3 saturated heterocycles. The third-order valence-corrected chi connectivity index (χ3v) is 3.49. The van der Waals surface area contributed by atoms with Crippen LogP contribution in [-0.4, -0.2) is 99.1 Å². The fraction of sp³-hybridized carbons (Fsp3) is 0.533. The molecule has 0 aromatic heterocycles. The van der Waals surface area contributed by atoms with Crippen LogP contribution in [-0.2, 0) is 14.4 Å². The Morgan fingerprint density at radius 3 is 1.74 bits per heavy atom. The van der Waals surface area contributed by atoms with Gasteiger partial charge in [0.15, 0.2) is 0 Å². The third-order valence-electron chi connectivity index (χ3n) is 3.49. The minimum atomic E-state index is -0.833. The maximum absolute atomic E-state index is 12.4. The third kappa shape index (κ3) is 4.49. The quantitative estimate of drug-likeness (QED) is 0.360. The molecule has 0 saturated carbocycles. The van der Waals surface area contributed by atoms with Gasteiger partial charge in [-0.3, -0.25) is 14.4 Å². The molecule has 3 heterocycles. The summed E-state index contributed by atoms with van der Waals surface area (Å²) in [5, 5.41) is 7.42. The van der Waals surface area contributed by atoms with Crippen molar-refractivity contribution in [2.24, 2.45) is 0 Å². The molecule has 0 atom stereocenters. The van der Waals surface area contributed by atoms with Crippen LogP contribution in [0, 0.1) is 0 Å². The molecular weight excluding hydrogens is 405 g/mol. The summed E-state index contributed by atoms with van der Waals surface area (Å²) >= 11 is 1.35. The van der Waals surface area contributed by atoms with E-state index >= 15 is 0 Å². The van der Waals surface area contributed by atoms with E-state index in [4.69, 9.17) is 9.90 Å². The second-order valence-corrected chi connectivity index (χ2v) is 5.40. The van der Waals surface area contributed by atoms with E-state index in [1.807, 2.05) is 14.7 Å². The van der Waals surface area contributed by atoms with Gasteiger partial charge in [0.25, 0.3) is 5.97 Å². The number of hydrogen-bond donors (Lipinski definition) is 1. The van der Waals surface area contributed by atoms with Crippen molar-refractivity contribution in [3.8, 4) is 0 Å². The van der Waals surface area contributed by atoms with E-state index in [0.717, 1.165) is 46.2 Å². The molecule has 4 aliphatic rings. The van der Waals surface area contributed by atoms with Crippen LogP contribution in [0.2, 0.25) is 4.94 Å². The number of hydrogen-bond acceptors (Lipinski definition) is 6. The summed E-state index contributed by atoms with van der Waals surface area (Å²) in [6.07, 6.45) is 1.52. The zero-order valence-electron chi connectivity index (χ0n) is 13.4. The number of carboxylic acids is 1. The van der Waals surface area contributed by atoms with Crippen LogP contribution in [0.1, 0.15) is 6.92 Å². The van der Waals surface area contributed by atoms with Gasteiger partial charge in [0, 0.05) is 52.3 Å². The fourth-order valence-corrected chi connectivity index (χ4v) is 2.28. The molecule has 3 fully saturated rings. The zero-order valence-corrected chi connectivity index (χ0v) is 16.7. The van der Waals surface area contributed by atoms with E-state index in [2.05, 4.69) is 4.94 Å². The average Bonchev–Trinajstić information content (AvgIpc) is 3.37. The van der Waals surface area contributed by atoms with Crippen LogP contribution in [0.5, 0.6) is 0 Å². The number of carbonyl (C=O) groups excluding carboxylic acids is 2. The van der Waals surface area contributed by atoms with E-state index in [-0.39, 0.29) is 11.6 Å². The van der Waals surface area contributed by atoms with E-state index in [9.17, 15) is 9.59 Å². The molecule has 0 spiro atoms. The Hall–Kier alpha value is -1.51. The molecule has 1 N–H and O–H groups in total. The Kier molecular flexibility index (Phi) is 5.72. The Bertz CT molecular complexity index is 584. The predicted molar refractivity (Wildman–Crippen MR) is 86.2 cm³/mol. The van der Waals surface area contributed by atoms with Gasteiger partial charge in [-0.1, -0.05) is 0 Å². The Morgan fingerprint density at radius 1 is 0.957 bits per heavy atom. The van der Waals surface area contributed by atoms with Crippen LogP contribution in [0.25, 0.3) is 0 Å². The molecule has 0 bridgehead atoms. The van der Waals surface area contributed by atoms with E-state index < -0.39 is 5.97 Å². The van der Waals surface area contributed by atoms with Gasteiger partial charge in [-0.05, 0) is 0 Å². The van der Waals surface area contributed by atoms with E-state index in [0.29, 0.717) is 17.1 Å². The van der Waals surface area contributed by atoms with Gasteiger partial charge in [-0.15, -0.1) is 0 Å². The molecule has 3 aliphatic heterocycles. The van der Waals surface area contributed by atoms with Crippen molar-refractivity contribution in [1.29, 1.82) is 0 Å². The van der Waals surface area contributed by atoms with Crippen LogP contribution in [0.4, 0.5) is 0 Å². The molecule has 0 amide bonds. The molecule has 0 unspecified atom stereocenters. The predicted octanol–water partition coefficient (Wildman–Crippen LogP) is -0.793. The number of rotatable bonds is 3. The van der Waals surface area contributed by atoms with E-state index in [1.54, 1.807) is 0 Å². The number of allylic oxidation sites excluding steroid dienone is 1. The normalized spacial score (nSPS) is 21.0. The summed E-state index contributed by atoms with van der Waals surface area (Å²) in [5.74, 6) is -0.785. The molecule has 2 radical (unpaired) electrons. The molecule has 0 aromatic carbocycles. The van der Waals surface area contributed by atoms with Gasteiger partial charge in [0.2, 0.25) is 11.6 Å². The van der Waals surface area contributed by atoms with Gasteiger partial charge in [-0.2, -0.15) is 0 Å². The number of nitrogens with zero attached hydrogens (tertiary/aromatic N) is 3. The number of carbonyl (C=O) groups is 3. The average molecular weight is 426 g/mol. The molecule has 23 heavy (non-hydrogen) atoms. The Labute approximate surface area is 148 Å². The second kappa shape index (κ2) is 7.37. The van der Waals surface area contributed by atoms with Crippen molar-refractivity contribution in [2.75, 3.05) is 39.3 Å². The molecule has 0 aromatic rings. The number of ketones is 2. The summed E-state index contributed by atoms with van der Waals surface area (Å²) < 4.78 is 0. The summed E-state index contributed by atoms with van der Waals surface area (Å²) in [6.45, 7) is 6.49. The topological polar surface area (TPSA) is 80.5 Å². The fourth-order valence-electron chi connectivity index (χ4n) is 2.28. The summed E-state index contributed by atoms with van der Waals surface area (Å²) in [4.78, 5) is 41.6. The first-order chi connectivity index (χ1) is 11.0. The minimum absolute atomic E-state index is 0.00546. The van der Waals surface area contributed by atoms with Crippen molar-refractivity contribution in [1.82, 2.24) is 14.7 Å². The number of Topliss-reactive ketones (excluding diaryl/α,β-unsaturated/α-hetero) is 1. The van der Waals surface area contributed by atoms with Crippen LogP contribution in [0.3, 0.4) is 0 Å². The molecular formula is C15H21N3O4Sn. The first kappa shape index (κ1) is 17.8. The van der Waals surface area contributed by atoms with E-state index in [1.165, 1.54) is 28.6 Å². The van der Waals surface area contributed by atoms with Crippen LogP contribution >= 0.6 is 0 Å². The van der Waals surface area contributed by atoms with Crippen LogP contribution < -0.4 is 0 Å². The van der Waals surface area contributed by atoms with Crippen LogP contribution in [0.15, 0.2) is 23.2 Å². The summed E-state index contributed by atoms with van der Waals surface area (Å²) in [7, 11) is 0. The van der Waals surface area contributed by atoms with Gasteiger partial charge in [0.1, 0.15) is 11.4 Å². The maximum atomic E-state index is 12.4. The van der Waals surface area contributed by atoms with Gasteiger partial charge >= 0.3 is 27.5 Å². The first-order valence-corrected chi connectivity index (χ1v) is 10.9. The number of carboxylic acid groups (broad SMARTS) is 1. The van der Waals surface area contributed by atoms with Gasteiger partial charge in [0.05, 0.1) is 5.70 Å². The second-order valence-electron chi connectivity index (χ2n) is 5.40. The first-order valence-electron chi connectivity index (χ1n) is 7.56.